The van der Waals surface area contributed by atoms with E-state index in [4.69, 9.17) is 0 Å². The molecule has 0 aliphatic rings. The second-order valence-electron chi connectivity index (χ2n) is 4.81. The zero-order valence-corrected chi connectivity index (χ0v) is 12.4. The van der Waals surface area contributed by atoms with Crippen LogP contribution in [0.5, 0.6) is 0 Å². The van der Waals surface area contributed by atoms with Crippen LogP contribution in [0.3, 0.4) is 0 Å². The number of carbonyl (C=O) groups excluding carboxylic acids is 1. The average Bonchev–Trinajstić information content (AvgIpc) is 2.36. The molecule has 0 aliphatic carbocycles. The number of amides is 2. The molecule has 0 heterocycles. The van der Waals surface area contributed by atoms with Gasteiger partial charge in [0.2, 0.25) is 0 Å². The van der Waals surface area contributed by atoms with Gasteiger partial charge in [0.1, 0.15) is 0 Å². The number of rotatable bonds is 5. The van der Waals surface area contributed by atoms with E-state index >= 15 is 0 Å². The Bertz CT molecular complexity index is 475. The highest BCUT2D eigenvalue weighted by Gasteiger charge is 2.30. The van der Waals surface area contributed by atoms with Gasteiger partial charge >= 0.3 is 12.2 Å². The lowest BCUT2D eigenvalue weighted by molar-refractivity contribution is -0.137. The Balaban J connectivity index is 2.52. The lowest BCUT2D eigenvalue weighted by Crippen LogP contribution is -2.43. The quantitative estimate of drug-likeness (QED) is 0.781. The van der Waals surface area contributed by atoms with Crippen LogP contribution in [0.2, 0.25) is 0 Å². The summed E-state index contributed by atoms with van der Waals surface area (Å²) < 4.78 is 37.1. The van der Waals surface area contributed by atoms with Crippen LogP contribution in [0.4, 0.5) is 23.7 Å². The van der Waals surface area contributed by atoms with Crippen molar-refractivity contribution in [2.75, 3.05) is 23.9 Å². The van der Waals surface area contributed by atoms with Crippen LogP contribution < -0.4 is 10.6 Å². The molecule has 0 radical (unpaired) electrons. The number of hydrogen-bond donors (Lipinski definition) is 3. The van der Waals surface area contributed by atoms with E-state index in [0.717, 1.165) is 12.1 Å². The summed E-state index contributed by atoms with van der Waals surface area (Å²) in [5, 5.41) is 14.7. The molecule has 118 valence electrons. The number of urea groups is 1. The van der Waals surface area contributed by atoms with Gasteiger partial charge in [-0.1, -0.05) is 0 Å². The molecule has 1 rings (SSSR count). The normalized spacial score (nSPS) is 14.4. The SMILES string of the molecule is CSC[C@](C)(O)CNC(=O)Nc1ccc(C(F)(F)F)cc1. The van der Waals surface area contributed by atoms with E-state index in [1.165, 1.54) is 23.9 Å². The molecule has 0 bridgehead atoms. The highest BCUT2D eigenvalue weighted by Crippen LogP contribution is 2.29. The molecule has 3 N–H and O–H groups in total. The van der Waals surface area contributed by atoms with Crippen molar-refractivity contribution in [3.8, 4) is 0 Å². The summed E-state index contributed by atoms with van der Waals surface area (Å²) in [4.78, 5) is 11.6. The van der Waals surface area contributed by atoms with Gasteiger partial charge in [0, 0.05) is 18.0 Å². The van der Waals surface area contributed by atoms with E-state index in [0.29, 0.717) is 5.75 Å². The molecule has 1 atom stereocenters. The smallest absolute Gasteiger partial charge is 0.387 e. The summed E-state index contributed by atoms with van der Waals surface area (Å²) in [6.45, 7) is 1.63. The molecule has 2 amide bonds. The van der Waals surface area contributed by atoms with Gasteiger partial charge in [-0.2, -0.15) is 24.9 Å². The van der Waals surface area contributed by atoms with Crippen LogP contribution in [0, 0.1) is 0 Å². The summed E-state index contributed by atoms with van der Waals surface area (Å²) in [7, 11) is 0. The molecular weight excluding hydrogens is 305 g/mol. The van der Waals surface area contributed by atoms with Crippen LogP contribution in [-0.4, -0.2) is 35.3 Å². The minimum Gasteiger partial charge on any atom is -0.387 e. The number of benzene rings is 1. The Morgan fingerprint density at radius 3 is 2.33 bits per heavy atom. The topological polar surface area (TPSA) is 61.4 Å². The van der Waals surface area contributed by atoms with Crippen molar-refractivity contribution in [3.05, 3.63) is 29.8 Å². The minimum absolute atomic E-state index is 0.0420. The number of thioether (sulfide) groups is 1. The van der Waals surface area contributed by atoms with Crippen LogP contribution in [0.25, 0.3) is 0 Å². The molecule has 0 aliphatic heterocycles. The summed E-state index contributed by atoms with van der Waals surface area (Å²) in [6.07, 6.45) is -2.58. The Morgan fingerprint density at radius 1 is 1.29 bits per heavy atom. The number of nitrogens with one attached hydrogen (secondary N) is 2. The first-order valence-corrected chi connectivity index (χ1v) is 7.47. The first-order valence-electron chi connectivity index (χ1n) is 6.07. The molecule has 1 aromatic carbocycles. The number of alkyl halides is 3. The number of anilines is 1. The van der Waals surface area contributed by atoms with Gasteiger partial charge in [-0.25, -0.2) is 4.79 Å². The molecule has 0 unspecified atom stereocenters. The van der Waals surface area contributed by atoms with Gasteiger partial charge in [-0.05, 0) is 37.4 Å². The van der Waals surface area contributed by atoms with Crippen LogP contribution in [0.15, 0.2) is 24.3 Å². The van der Waals surface area contributed by atoms with Crippen molar-refractivity contribution in [2.45, 2.75) is 18.7 Å². The van der Waals surface area contributed by atoms with Crippen LogP contribution >= 0.6 is 11.8 Å². The van der Waals surface area contributed by atoms with Crippen molar-refractivity contribution in [3.63, 3.8) is 0 Å². The molecule has 8 heteroatoms. The van der Waals surface area contributed by atoms with E-state index in [9.17, 15) is 23.1 Å². The zero-order valence-electron chi connectivity index (χ0n) is 11.6. The van der Waals surface area contributed by atoms with E-state index in [1.54, 1.807) is 6.92 Å². The van der Waals surface area contributed by atoms with Crippen molar-refractivity contribution in [2.24, 2.45) is 0 Å². The zero-order chi connectivity index (χ0) is 16.1. The van der Waals surface area contributed by atoms with E-state index in [2.05, 4.69) is 10.6 Å². The molecule has 0 saturated carbocycles. The predicted molar refractivity (Wildman–Crippen MR) is 77.5 cm³/mol. The fourth-order valence-corrected chi connectivity index (χ4v) is 2.27. The first-order chi connectivity index (χ1) is 9.64. The average molecular weight is 322 g/mol. The maximum absolute atomic E-state index is 12.4. The Morgan fingerprint density at radius 2 is 1.86 bits per heavy atom. The van der Waals surface area contributed by atoms with Gasteiger partial charge in [0.15, 0.2) is 0 Å². The number of hydrogen-bond acceptors (Lipinski definition) is 3. The Hall–Kier alpha value is -1.41. The summed E-state index contributed by atoms with van der Waals surface area (Å²) in [5.74, 6) is 0.452. The fraction of sp³-hybridized carbons (Fsp3) is 0.462. The van der Waals surface area contributed by atoms with Gasteiger partial charge in [0.05, 0.1) is 11.2 Å². The lowest BCUT2D eigenvalue weighted by atomic mass is 10.1. The fourth-order valence-electron chi connectivity index (χ4n) is 1.55. The second-order valence-corrected chi connectivity index (χ2v) is 5.68. The molecular formula is C13H17F3N2O2S. The second kappa shape index (κ2) is 7.04. The molecule has 0 saturated heterocycles. The molecule has 0 spiro atoms. The van der Waals surface area contributed by atoms with Gasteiger partial charge < -0.3 is 15.7 Å². The van der Waals surface area contributed by atoms with E-state index < -0.39 is 23.4 Å². The summed E-state index contributed by atoms with van der Waals surface area (Å²) in [6, 6.07) is 3.53. The lowest BCUT2D eigenvalue weighted by Gasteiger charge is -2.22. The Labute approximate surface area is 125 Å². The largest absolute Gasteiger partial charge is 0.416 e. The van der Waals surface area contributed by atoms with E-state index in [-0.39, 0.29) is 12.2 Å². The highest BCUT2D eigenvalue weighted by atomic mass is 32.2. The molecule has 0 aromatic heterocycles. The molecule has 0 fully saturated rings. The number of carbonyl (C=O) groups is 1. The van der Waals surface area contributed by atoms with E-state index in [1.807, 2.05) is 6.26 Å². The van der Waals surface area contributed by atoms with Crippen molar-refractivity contribution in [1.29, 1.82) is 0 Å². The highest BCUT2D eigenvalue weighted by molar-refractivity contribution is 7.98. The third-order valence-corrected chi connectivity index (χ3v) is 3.47. The Kier molecular flexibility index (Phi) is 5.91. The van der Waals surface area contributed by atoms with Gasteiger partial charge in [-0.3, -0.25) is 0 Å². The van der Waals surface area contributed by atoms with Crippen molar-refractivity contribution >= 4 is 23.5 Å². The third kappa shape index (κ3) is 6.26. The molecule has 4 nitrogen and oxygen atoms in total. The number of halogens is 3. The minimum atomic E-state index is -4.41. The van der Waals surface area contributed by atoms with Crippen molar-refractivity contribution in [1.82, 2.24) is 5.32 Å². The summed E-state index contributed by atoms with van der Waals surface area (Å²) >= 11 is 1.44. The third-order valence-electron chi connectivity index (χ3n) is 2.56. The van der Waals surface area contributed by atoms with Crippen molar-refractivity contribution < 1.29 is 23.1 Å². The predicted octanol–water partition coefficient (Wildman–Crippen LogP) is 2.94. The maximum Gasteiger partial charge on any atom is 0.416 e. The summed E-state index contributed by atoms with van der Waals surface area (Å²) in [5.41, 5.74) is -1.59. The first kappa shape index (κ1) is 17.6. The van der Waals surface area contributed by atoms with Gasteiger partial charge in [-0.15, -0.1) is 0 Å². The number of aliphatic hydroxyl groups is 1. The maximum atomic E-state index is 12.4. The monoisotopic (exact) mass is 322 g/mol. The van der Waals surface area contributed by atoms with Crippen LogP contribution in [-0.2, 0) is 6.18 Å². The molecule has 1 aromatic rings. The molecule has 21 heavy (non-hydrogen) atoms. The van der Waals surface area contributed by atoms with Gasteiger partial charge in [0.25, 0.3) is 0 Å². The standard InChI is InChI=1S/C13H17F3N2O2S/c1-12(20,8-21-2)7-17-11(19)18-10-5-3-9(4-6-10)13(14,15)16/h3-6,20H,7-8H2,1-2H3,(H2,17,18,19)/t12-/m1/s1. The van der Waals surface area contributed by atoms with Crippen LogP contribution in [0.1, 0.15) is 12.5 Å².